The summed E-state index contributed by atoms with van der Waals surface area (Å²) in [6.07, 6.45) is 0. The van der Waals surface area contributed by atoms with Crippen LogP contribution in [0.4, 0.5) is 0 Å². The number of pyridine rings is 1. The second-order valence-corrected chi connectivity index (χ2v) is 3.09. The van der Waals surface area contributed by atoms with E-state index in [4.69, 9.17) is 0 Å². The van der Waals surface area contributed by atoms with Crippen LogP contribution in [0.3, 0.4) is 0 Å². The third-order valence-corrected chi connectivity index (χ3v) is 2.19. The summed E-state index contributed by atoms with van der Waals surface area (Å²) in [5, 5.41) is 2.04. The van der Waals surface area contributed by atoms with Gasteiger partial charge >= 0.3 is 0 Å². The first-order valence-corrected chi connectivity index (χ1v) is 3.97. The van der Waals surface area contributed by atoms with Gasteiger partial charge in [-0.25, -0.2) is 0 Å². The molecule has 2 aromatic rings. The lowest BCUT2D eigenvalue weighted by Gasteiger charge is -1.88. The van der Waals surface area contributed by atoms with Crippen molar-refractivity contribution in [2.45, 2.75) is 6.92 Å². The van der Waals surface area contributed by atoms with Crippen LogP contribution in [0.15, 0.2) is 17.5 Å². The van der Waals surface area contributed by atoms with E-state index in [-0.39, 0.29) is 0 Å². The molecule has 0 bridgehead atoms. The molecule has 0 aliphatic heterocycles. The Kier molecular flexibility index (Phi) is 1.21. The summed E-state index contributed by atoms with van der Waals surface area (Å²) < 4.78 is 1.14. The molecule has 0 spiro atoms. The zero-order valence-electron chi connectivity index (χ0n) is 5.59. The highest BCUT2D eigenvalue weighted by molar-refractivity contribution is 7.17. The van der Waals surface area contributed by atoms with Crippen LogP contribution in [0.5, 0.6) is 0 Å². The largest absolute Gasteiger partial charge is 0.252 e. The number of hydrogen-bond donors (Lipinski definition) is 0. The number of aromatic nitrogens is 1. The SMILES string of the molecule is Cc1c[c]c2sccc2n1. The van der Waals surface area contributed by atoms with Crippen molar-refractivity contribution in [3.05, 3.63) is 29.3 Å². The second-order valence-electron chi connectivity index (χ2n) is 2.18. The highest BCUT2D eigenvalue weighted by Gasteiger charge is 1.94. The fourth-order valence-electron chi connectivity index (χ4n) is 0.891. The molecule has 0 fully saturated rings. The minimum absolute atomic E-state index is 1.03. The van der Waals surface area contributed by atoms with Crippen LogP contribution in [0.2, 0.25) is 0 Å². The molecule has 0 aliphatic carbocycles. The quantitative estimate of drug-likeness (QED) is 0.559. The van der Waals surface area contributed by atoms with Crippen molar-refractivity contribution in [2.24, 2.45) is 0 Å². The minimum Gasteiger partial charge on any atom is -0.252 e. The Balaban J connectivity index is 2.86. The smallest absolute Gasteiger partial charge is 0.0819 e. The first-order chi connectivity index (χ1) is 4.86. The van der Waals surface area contributed by atoms with Gasteiger partial charge in [0.2, 0.25) is 0 Å². The number of thiophene rings is 1. The molecule has 0 unspecified atom stereocenters. The Morgan fingerprint density at radius 2 is 2.50 bits per heavy atom. The second kappa shape index (κ2) is 2.06. The van der Waals surface area contributed by atoms with E-state index in [1.54, 1.807) is 11.3 Å². The van der Waals surface area contributed by atoms with Crippen molar-refractivity contribution in [1.29, 1.82) is 0 Å². The van der Waals surface area contributed by atoms with E-state index in [0.717, 1.165) is 15.9 Å². The van der Waals surface area contributed by atoms with Gasteiger partial charge in [-0.2, -0.15) is 0 Å². The molecule has 0 saturated carbocycles. The molecule has 10 heavy (non-hydrogen) atoms. The number of nitrogens with zero attached hydrogens (tertiary/aromatic N) is 1. The summed E-state index contributed by atoms with van der Waals surface area (Å²) in [5.41, 5.74) is 2.09. The molecule has 2 rings (SSSR count). The molecule has 2 heterocycles. The van der Waals surface area contributed by atoms with E-state index in [2.05, 4.69) is 11.1 Å². The van der Waals surface area contributed by atoms with Gasteiger partial charge < -0.3 is 0 Å². The highest BCUT2D eigenvalue weighted by Crippen LogP contribution is 2.17. The van der Waals surface area contributed by atoms with Crippen molar-refractivity contribution >= 4 is 21.6 Å². The molecule has 0 atom stereocenters. The molecule has 1 nitrogen and oxygen atoms in total. The van der Waals surface area contributed by atoms with E-state index < -0.39 is 0 Å². The first kappa shape index (κ1) is 5.86. The summed E-state index contributed by atoms with van der Waals surface area (Å²) in [6, 6.07) is 7.09. The number of aryl methyl sites for hydroxylation is 1. The van der Waals surface area contributed by atoms with Crippen molar-refractivity contribution < 1.29 is 0 Å². The number of fused-ring (bicyclic) bond motifs is 1. The molecular weight excluding hydrogens is 142 g/mol. The van der Waals surface area contributed by atoms with Gasteiger partial charge in [-0.3, -0.25) is 4.98 Å². The molecule has 0 amide bonds. The lowest BCUT2D eigenvalue weighted by molar-refractivity contribution is 1.26. The molecule has 0 aliphatic rings. The van der Waals surface area contributed by atoms with Crippen molar-refractivity contribution in [1.82, 2.24) is 4.98 Å². The van der Waals surface area contributed by atoms with E-state index in [1.165, 1.54) is 0 Å². The minimum atomic E-state index is 1.03. The van der Waals surface area contributed by atoms with Crippen molar-refractivity contribution in [3.8, 4) is 0 Å². The lowest BCUT2D eigenvalue weighted by Crippen LogP contribution is -1.77. The molecule has 1 radical (unpaired) electrons. The standard InChI is InChI=1S/C8H6NS/c1-6-2-3-8-7(9-6)4-5-10-8/h2,4-5H,1H3. The zero-order chi connectivity index (χ0) is 6.97. The predicted octanol–water partition coefficient (Wildman–Crippen LogP) is 2.40. The van der Waals surface area contributed by atoms with Crippen LogP contribution in [0, 0.1) is 13.0 Å². The summed E-state index contributed by atoms with van der Waals surface area (Å²) in [7, 11) is 0. The van der Waals surface area contributed by atoms with Crippen LogP contribution >= 0.6 is 11.3 Å². The maximum absolute atomic E-state index is 4.31. The van der Waals surface area contributed by atoms with Crippen molar-refractivity contribution in [2.75, 3.05) is 0 Å². The maximum atomic E-state index is 4.31. The Morgan fingerprint density at radius 1 is 1.60 bits per heavy atom. The zero-order valence-corrected chi connectivity index (χ0v) is 6.40. The molecule has 2 aromatic heterocycles. The monoisotopic (exact) mass is 148 g/mol. The summed E-state index contributed by atoms with van der Waals surface area (Å²) >= 11 is 1.68. The molecule has 2 heteroatoms. The average molecular weight is 148 g/mol. The topological polar surface area (TPSA) is 12.9 Å². The van der Waals surface area contributed by atoms with Gasteiger partial charge in [0.1, 0.15) is 0 Å². The summed E-state index contributed by atoms with van der Waals surface area (Å²) in [4.78, 5) is 4.31. The lowest BCUT2D eigenvalue weighted by atomic mass is 10.3. The van der Waals surface area contributed by atoms with Crippen LogP contribution in [0.25, 0.3) is 10.2 Å². The summed E-state index contributed by atoms with van der Waals surface area (Å²) in [6.45, 7) is 1.98. The third-order valence-electron chi connectivity index (χ3n) is 1.35. The van der Waals surface area contributed by atoms with Gasteiger partial charge in [0.25, 0.3) is 0 Å². The van der Waals surface area contributed by atoms with Gasteiger partial charge in [0.15, 0.2) is 0 Å². The fourth-order valence-corrected chi connectivity index (χ4v) is 1.59. The predicted molar refractivity (Wildman–Crippen MR) is 43.2 cm³/mol. The van der Waals surface area contributed by atoms with Crippen LogP contribution in [0.1, 0.15) is 5.69 Å². The van der Waals surface area contributed by atoms with Gasteiger partial charge in [-0.1, -0.05) is 0 Å². The molecule has 0 saturated heterocycles. The fraction of sp³-hybridized carbons (Fsp3) is 0.125. The Bertz CT molecular complexity index is 351. The Morgan fingerprint density at radius 3 is 3.40 bits per heavy atom. The van der Waals surface area contributed by atoms with E-state index in [0.29, 0.717) is 0 Å². The average Bonchev–Trinajstić information content (AvgIpc) is 2.33. The van der Waals surface area contributed by atoms with Crippen LogP contribution in [-0.4, -0.2) is 4.98 Å². The van der Waals surface area contributed by atoms with Gasteiger partial charge in [-0.15, -0.1) is 11.3 Å². The van der Waals surface area contributed by atoms with Crippen molar-refractivity contribution in [3.63, 3.8) is 0 Å². The molecule has 49 valence electrons. The molecule has 0 N–H and O–H groups in total. The first-order valence-electron chi connectivity index (χ1n) is 3.09. The number of rotatable bonds is 0. The van der Waals surface area contributed by atoms with Crippen LogP contribution in [-0.2, 0) is 0 Å². The van der Waals surface area contributed by atoms with E-state index in [9.17, 15) is 0 Å². The normalized spacial score (nSPS) is 10.5. The van der Waals surface area contributed by atoms with Crippen LogP contribution < -0.4 is 0 Å². The summed E-state index contributed by atoms with van der Waals surface area (Å²) in [5.74, 6) is 0. The van der Waals surface area contributed by atoms with Gasteiger partial charge in [0.05, 0.1) is 10.2 Å². The molecule has 0 aromatic carbocycles. The third kappa shape index (κ3) is 0.809. The highest BCUT2D eigenvalue weighted by atomic mass is 32.1. The van der Waals surface area contributed by atoms with E-state index in [1.807, 2.05) is 24.4 Å². The molecular formula is C8H6NS. The Labute approximate surface area is 63.3 Å². The number of hydrogen-bond acceptors (Lipinski definition) is 2. The maximum Gasteiger partial charge on any atom is 0.0819 e. The van der Waals surface area contributed by atoms with Gasteiger partial charge in [0, 0.05) is 11.8 Å². The van der Waals surface area contributed by atoms with E-state index >= 15 is 0 Å². The Hall–Kier alpha value is -0.890. The van der Waals surface area contributed by atoms with Gasteiger partial charge in [-0.05, 0) is 24.4 Å².